The van der Waals surface area contributed by atoms with Crippen LogP contribution in [-0.2, 0) is 4.79 Å². The van der Waals surface area contributed by atoms with Crippen LogP contribution in [-0.4, -0.2) is 29.3 Å². The molecule has 0 unspecified atom stereocenters. The Hall–Kier alpha value is -2.69. The zero-order chi connectivity index (χ0) is 18.0. The van der Waals surface area contributed by atoms with E-state index >= 15 is 0 Å². The SMILES string of the molecule is Cc1ccc(NC(=O)[C@H]2CCCN2C(=O)c2ccc(F)cc2)cc1C. The molecule has 0 aromatic heterocycles. The highest BCUT2D eigenvalue weighted by molar-refractivity contribution is 6.01. The normalized spacial score (nSPS) is 16.8. The van der Waals surface area contributed by atoms with Crippen molar-refractivity contribution in [3.05, 3.63) is 65.0 Å². The lowest BCUT2D eigenvalue weighted by Crippen LogP contribution is -2.43. The summed E-state index contributed by atoms with van der Waals surface area (Å²) in [5.74, 6) is -0.809. The lowest BCUT2D eigenvalue weighted by atomic mass is 10.1. The summed E-state index contributed by atoms with van der Waals surface area (Å²) < 4.78 is 13.0. The molecule has 2 aromatic rings. The molecule has 1 aliphatic heterocycles. The Labute approximate surface area is 146 Å². The Kier molecular flexibility index (Phi) is 4.83. The molecule has 5 heteroatoms. The summed E-state index contributed by atoms with van der Waals surface area (Å²) in [6.07, 6.45) is 1.40. The number of likely N-dealkylation sites (tertiary alicyclic amines) is 1. The summed E-state index contributed by atoms with van der Waals surface area (Å²) >= 11 is 0. The van der Waals surface area contributed by atoms with Crippen LogP contribution in [0.3, 0.4) is 0 Å². The van der Waals surface area contributed by atoms with Crippen molar-refractivity contribution >= 4 is 17.5 Å². The van der Waals surface area contributed by atoms with Crippen LogP contribution >= 0.6 is 0 Å². The molecule has 0 bridgehead atoms. The molecule has 1 fully saturated rings. The van der Waals surface area contributed by atoms with Crippen LogP contribution in [0.1, 0.15) is 34.3 Å². The minimum absolute atomic E-state index is 0.184. The van der Waals surface area contributed by atoms with Gasteiger partial charge in [-0.2, -0.15) is 0 Å². The van der Waals surface area contributed by atoms with Crippen molar-refractivity contribution in [1.82, 2.24) is 4.90 Å². The van der Waals surface area contributed by atoms with Crippen LogP contribution in [0.4, 0.5) is 10.1 Å². The van der Waals surface area contributed by atoms with Crippen LogP contribution in [0.25, 0.3) is 0 Å². The predicted octanol–water partition coefficient (Wildman–Crippen LogP) is 3.69. The van der Waals surface area contributed by atoms with E-state index in [-0.39, 0.29) is 17.6 Å². The van der Waals surface area contributed by atoms with E-state index in [4.69, 9.17) is 0 Å². The zero-order valence-electron chi connectivity index (χ0n) is 14.4. The van der Waals surface area contributed by atoms with Crippen LogP contribution < -0.4 is 5.32 Å². The maximum absolute atomic E-state index is 13.0. The minimum atomic E-state index is -0.501. The molecule has 1 heterocycles. The van der Waals surface area contributed by atoms with Crippen molar-refractivity contribution in [2.75, 3.05) is 11.9 Å². The molecule has 0 saturated carbocycles. The first kappa shape index (κ1) is 17.1. The van der Waals surface area contributed by atoms with Crippen molar-refractivity contribution in [3.8, 4) is 0 Å². The van der Waals surface area contributed by atoms with E-state index in [1.54, 1.807) is 4.90 Å². The molecule has 2 aromatic carbocycles. The lowest BCUT2D eigenvalue weighted by Gasteiger charge is -2.24. The Balaban J connectivity index is 1.74. The number of hydrogen-bond donors (Lipinski definition) is 1. The fourth-order valence-corrected chi connectivity index (χ4v) is 3.09. The summed E-state index contributed by atoms with van der Waals surface area (Å²) in [5, 5.41) is 2.90. The van der Waals surface area contributed by atoms with Crippen molar-refractivity contribution < 1.29 is 14.0 Å². The number of carbonyl (C=O) groups excluding carboxylic acids is 2. The lowest BCUT2D eigenvalue weighted by molar-refractivity contribution is -0.119. The van der Waals surface area contributed by atoms with E-state index in [0.29, 0.717) is 18.5 Å². The van der Waals surface area contributed by atoms with Crippen LogP contribution in [0.15, 0.2) is 42.5 Å². The van der Waals surface area contributed by atoms with Gasteiger partial charge in [-0.1, -0.05) is 6.07 Å². The maximum atomic E-state index is 13.0. The van der Waals surface area contributed by atoms with Crippen LogP contribution in [0.2, 0.25) is 0 Å². The first-order valence-corrected chi connectivity index (χ1v) is 8.40. The van der Waals surface area contributed by atoms with Gasteiger partial charge in [-0.15, -0.1) is 0 Å². The molecule has 1 aliphatic rings. The van der Waals surface area contributed by atoms with Gasteiger partial charge in [0.1, 0.15) is 11.9 Å². The average molecular weight is 340 g/mol. The molecule has 2 amide bonds. The molecule has 130 valence electrons. The number of carbonyl (C=O) groups is 2. The molecule has 25 heavy (non-hydrogen) atoms. The van der Waals surface area contributed by atoms with Crippen molar-refractivity contribution in [2.24, 2.45) is 0 Å². The Morgan fingerprint density at radius 2 is 1.80 bits per heavy atom. The smallest absolute Gasteiger partial charge is 0.254 e. The van der Waals surface area contributed by atoms with Gasteiger partial charge < -0.3 is 10.2 Å². The first-order chi connectivity index (χ1) is 12.0. The van der Waals surface area contributed by atoms with E-state index in [1.807, 2.05) is 32.0 Å². The summed E-state index contributed by atoms with van der Waals surface area (Å²) in [4.78, 5) is 26.9. The second kappa shape index (κ2) is 7.05. The molecule has 1 saturated heterocycles. The average Bonchev–Trinajstić information content (AvgIpc) is 3.08. The Bertz CT molecular complexity index is 802. The monoisotopic (exact) mass is 340 g/mol. The largest absolute Gasteiger partial charge is 0.327 e. The minimum Gasteiger partial charge on any atom is -0.327 e. The van der Waals surface area contributed by atoms with Gasteiger partial charge in [0.15, 0.2) is 0 Å². The van der Waals surface area contributed by atoms with E-state index in [9.17, 15) is 14.0 Å². The number of anilines is 1. The quantitative estimate of drug-likeness (QED) is 0.926. The molecule has 0 radical (unpaired) electrons. The standard InChI is InChI=1S/C20H21FN2O2/c1-13-5-10-17(12-14(13)2)22-19(24)18-4-3-11-23(18)20(25)15-6-8-16(21)9-7-15/h5-10,12,18H,3-4,11H2,1-2H3,(H,22,24)/t18-/m1/s1. The maximum Gasteiger partial charge on any atom is 0.254 e. The second-order valence-corrected chi connectivity index (χ2v) is 6.45. The predicted molar refractivity (Wildman–Crippen MR) is 95.0 cm³/mol. The van der Waals surface area contributed by atoms with Gasteiger partial charge in [0.2, 0.25) is 5.91 Å². The highest BCUT2D eigenvalue weighted by Crippen LogP contribution is 2.22. The number of hydrogen-bond acceptors (Lipinski definition) is 2. The topological polar surface area (TPSA) is 49.4 Å². The second-order valence-electron chi connectivity index (χ2n) is 6.45. The number of nitrogens with zero attached hydrogens (tertiary/aromatic N) is 1. The number of nitrogens with one attached hydrogen (secondary N) is 1. The summed E-state index contributed by atoms with van der Waals surface area (Å²) in [6, 6.07) is 10.7. The molecule has 0 aliphatic carbocycles. The highest BCUT2D eigenvalue weighted by atomic mass is 19.1. The fourth-order valence-electron chi connectivity index (χ4n) is 3.09. The van der Waals surface area contributed by atoms with Gasteiger partial charge in [0.25, 0.3) is 5.91 Å². The number of amides is 2. The summed E-state index contributed by atoms with van der Waals surface area (Å²) in [6.45, 7) is 4.53. The molecule has 1 N–H and O–H groups in total. The molecule has 3 rings (SSSR count). The van der Waals surface area contributed by atoms with Crippen molar-refractivity contribution in [1.29, 1.82) is 0 Å². The number of halogens is 1. The van der Waals surface area contributed by atoms with E-state index in [0.717, 1.165) is 23.2 Å². The Morgan fingerprint density at radius 1 is 1.08 bits per heavy atom. The third-order valence-corrected chi connectivity index (χ3v) is 4.68. The van der Waals surface area contributed by atoms with Gasteiger partial charge in [-0.3, -0.25) is 9.59 Å². The van der Waals surface area contributed by atoms with Crippen molar-refractivity contribution in [3.63, 3.8) is 0 Å². The van der Waals surface area contributed by atoms with Gasteiger partial charge in [-0.25, -0.2) is 4.39 Å². The van der Waals surface area contributed by atoms with Crippen molar-refractivity contribution in [2.45, 2.75) is 32.7 Å². The summed E-state index contributed by atoms with van der Waals surface area (Å²) in [7, 11) is 0. The Morgan fingerprint density at radius 3 is 2.48 bits per heavy atom. The third-order valence-electron chi connectivity index (χ3n) is 4.68. The first-order valence-electron chi connectivity index (χ1n) is 8.40. The van der Waals surface area contributed by atoms with E-state index < -0.39 is 6.04 Å². The number of aryl methyl sites for hydroxylation is 2. The van der Waals surface area contributed by atoms with Gasteiger partial charge in [-0.05, 0) is 74.2 Å². The highest BCUT2D eigenvalue weighted by Gasteiger charge is 2.34. The van der Waals surface area contributed by atoms with Gasteiger partial charge >= 0.3 is 0 Å². The fraction of sp³-hybridized carbons (Fsp3) is 0.300. The van der Waals surface area contributed by atoms with E-state index in [2.05, 4.69) is 5.32 Å². The molecular weight excluding hydrogens is 319 g/mol. The molecular formula is C20H21FN2O2. The third kappa shape index (κ3) is 3.71. The van der Waals surface area contributed by atoms with Crippen LogP contribution in [0, 0.1) is 19.7 Å². The molecule has 0 spiro atoms. The number of benzene rings is 2. The zero-order valence-corrected chi connectivity index (χ0v) is 14.4. The van der Waals surface area contributed by atoms with Gasteiger partial charge in [0, 0.05) is 17.8 Å². The molecule has 4 nitrogen and oxygen atoms in total. The number of rotatable bonds is 3. The van der Waals surface area contributed by atoms with E-state index in [1.165, 1.54) is 24.3 Å². The molecule has 1 atom stereocenters. The summed E-state index contributed by atoms with van der Waals surface area (Å²) in [5.41, 5.74) is 3.39. The van der Waals surface area contributed by atoms with Crippen LogP contribution in [0.5, 0.6) is 0 Å². The van der Waals surface area contributed by atoms with Gasteiger partial charge in [0.05, 0.1) is 0 Å².